The van der Waals surface area contributed by atoms with Crippen LogP contribution in [0.1, 0.15) is 24.5 Å². The molecule has 4 nitrogen and oxygen atoms in total. The second-order valence-electron chi connectivity index (χ2n) is 3.56. The lowest BCUT2D eigenvalue weighted by Gasteiger charge is -2.12. The molecule has 0 aliphatic carbocycles. The first-order valence-corrected chi connectivity index (χ1v) is 5.86. The third-order valence-electron chi connectivity index (χ3n) is 2.25. The predicted octanol–water partition coefficient (Wildman–Crippen LogP) is 3.07. The van der Waals surface area contributed by atoms with E-state index in [1.165, 1.54) is 0 Å². The standard InChI is InChI=1S/C11H13Cl2NO3/c12-7-3-4-8(9(13)6-7)10(15)2-1-5-14-11(16)17/h3-4,6,10,14-15H,1-2,5H2,(H,16,17). The average Bonchev–Trinajstić information content (AvgIpc) is 2.23. The minimum atomic E-state index is -1.07. The number of aliphatic hydroxyl groups excluding tert-OH is 1. The van der Waals surface area contributed by atoms with Crippen LogP contribution in [0.3, 0.4) is 0 Å². The lowest BCUT2D eigenvalue weighted by atomic mass is 10.1. The maximum atomic E-state index is 10.2. The normalized spacial score (nSPS) is 12.2. The number of aliphatic hydroxyl groups is 1. The van der Waals surface area contributed by atoms with Crippen LogP contribution in [-0.2, 0) is 0 Å². The molecule has 1 amide bonds. The lowest BCUT2D eigenvalue weighted by molar-refractivity contribution is 0.162. The van der Waals surface area contributed by atoms with E-state index >= 15 is 0 Å². The number of carbonyl (C=O) groups is 1. The number of nitrogens with one attached hydrogen (secondary N) is 1. The van der Waals surface area contributed by atoms with Gasteiger partial charge in [0, 0.05) is 16.6 Å². The Kier molecular flexibility index (Phi) is 5.55. The Morgan fingerprint density at radius 2 is 2.12 bits per heavy atom. The highest BCUT2D eigenvalue weighted by atomic mass is 35.5. The molecule has 0 radical (unpaired) electrons. The van der Waals surface area contributed by atoms with Crippen LogP contribution in [0.2, 0.25) is 10.0 Å². The van der Waals surface area contributed by atoms with Crippen molar-refractivity contribution in [2.45, 2.75) is 18.9 Å². The van der Waals surface area contributed by atoms with Crippen LogP contribution < -0.4 is 5.32 Å². The molecule has 0 heterocycles. The third-order valence-corrected chi connectivity index (χ3v) is 2.81. The summed E-state index contributed by atoms with van der Waals surface area (Å²) in [5, 5.41) is 21.4. The summed E-state index contributed by atoms with van der Waals surface area (Å²) in [4.78, 5) is 10.2. The molecule has 94 valence electrons. The van der Waals surface area contributed by atoms with Crippen molar-refractivity contribution in [3.8, 4) is 0 Å². The second-order valence-corrected chi connectivity index (χ2v) is 4.40. The van der Waals surface area contributed by atoms with Gasteiger partial charge in [0.2, 0.25) is 0 Å². The molecule has 1 aromatic rings. The van der Waals surface area contributed by atoms with Gasteiger partial charge in [0.1, 0.15) is 0 Å². The molecule has 1 atom stereocenters. The van der Waals surface area contributed by atoms with Crippen LogP contribution >= 0.6 is 23.2 Å². The largest absolute Gasteiger partial charge is 0.465 e. The summed E-state index contributed by atoms with van der Waals surface area (Å²) in [6, 6.07) is 4.89. The fraction of sp³-hybridized carbons (Fsp3) is 0.364. The van der Waals surface area contributed by atoms with Crippen molar-refractivity contribution in [3.05, 3.63) is 33.8 Å². The molecule has 0 fully saturated rings. The first-order valence-electron chi connectivity index (χ1n) is 5.10. The predicted molar refractivity (Wildman–Crippen MR) is 66.7 cm³/mol. The van der Waals surface area contributed by atoms with Gasteiger partial charge in [0.15, 0.2) is 0 Å². The van der Waals surface area contributed by atoms with Crippen LogP contribution in [0.5, 0.6) is 0 Å². The van der Waals surface area contributed by atoms with Gasteiger partial charge in [-0.05, 0) is 30.5 Å². The van der Waals surface area contributed by atoms with E-state index in [0.717, 1.165) is 0 Å². The first kappa shape index (κ1) is 14.1. The molecular formula is C11H13Cl2NO3. The Balaban J connectivity index is 2.46. The molecule has 0 spiro atoms. The van der Waals surface area contributed by atoms with Crippen LogP contribution in [0.25, 0.3) is 0 Å². The molecule has 0 saturated heterocycles. The summed E-state index contributed by atoms with van der Waals surface area (Å²) in [6.07, 6.45) is -0.812. The zero-order valence-corrected chi connectivity index (χ0v) is 10.5. The zero-order valence-electron chi connectivity index (χ0n) is 8.99. The van der Waals surface area contributed by atoms with Gasteiger partial charge in [-0.2, -0.15) is 0 Å². The number of halogens is 2. The molecule has 0 aromatic heterocycles. The van der Waals surface area contributed by atoms with Gasteiger partial charge >= 0.3 is 6.09 Å². The highest BCUT2D eigenvalue weighted by molar-refractivity contribution is 6.35. The van der Waals surface area contributed by atoms with Gasteiger partial charge in [-0.15, -0.1) is 0 Å². The van der Waals surface area contributed by atoms with E-state index in [9.17, 15) is 9.90 Å². The van der Waals surface area contributed by atoms with Gasteiger partial charge in [0.25, 0.3) is 0 Å². The average molecular weight is 278 g/mol. The van der Waals surface area contributed by atoms with Gasteiger partial charge in [-0.3, -0.25) is 0 Å². The lowest BCUT2D eigenvalue weighted by Crippen LogP contribution is -2.22. The number of hydrogen-bond donors (Lipinski definition) is 3. The van der Waals surface area contributed by atoms with Gasteiger partial charge < -0.3 is 15.5 Å². The Bertz CT molecular complexity index is 398. The second kappa shape index (κ2) is 6.69. The van der Waals surface area contributed by atoms with Crippen molar-refractivity contribution in [1.29, 1.82) is 0 Å². The quantitative estimate of drug-likeness (QED) is 0.725. The van der Waals surface area contributed by atoms with Crippen molar-refractivity contribution in [3.63, 3.8) is 0 Å². The van der Waals surface area contributed by atoms with E-state index in [1.54, 1.807) is 18.2 Å². The first-order chi connectivity index (χ1) is 8.00. The topological polar surface area (TPSA) is 69.6 Å². The number of hydrogen-bond acceptors (Lipinski definition) is 2. The SMILES string of the molecule is O=C(O)NCCCC(O)c1ccc(Cl)cc1Cl. The van der Waals surface area contributed by atoms with Gasteiger partial charge in [-0.25, -0.2) is 4.79 Å². The summed E-state index contributed by atoms with van der Waals surface area (Å²) in [5.74, 6) is 0. The summed E-state index contributed by atoms with van der Waals surface area (Å²) in [5.41, 5.74) is 0.603. The van der Waals surface area contributed by atoms with Gasteiger partial charge in [0.05, 0.1) is 6.10 Å². The van der Waals surface area contributed by atoms with Crippen molar-refractivity contribution in [2.75, 3.05) is 6.54 Å². The fourth-order valence-electron chi connectivity index (χ4n) is 1.42. The molecule has 0 saturated carbocycles. The summed E-state index contributed by atoms with van der Waals surface area (Å²) in [7, 11) is 0. The van der Waals surface area contributed by atoms with Crippen molar-refractivity contribution in [2.24, 2.45) is 0 Å². The minimum Gasteiger partial charge on any atom is -0.465 e. The van der Waals surface area contributed by atoms with Gasteiger partial charge in [-0.1, -0.05) is 29.3 Å². The molecular weight excluding hydrogens is 265 g/mol. The van der Waals surface area contributed by atoms with E-state index < -0.39 is 12.2 Å². The van der Waals surface area contributed by atoms with E-state index in [-0.39, 0.29) is 0 Å². The number of amides is 1. The Hall–Kier alpha value is -0.970. The Labute approximate surface area is 109 Å². The van der Waals surface area contributed by atoms with E-state index in [0.29, 0.717) is 35.0 Å². The summed E-state index contributed by atoms with van der Waals surface area (Å²) in [6.45, 7) is 0.303. The maximum Gasteiger partial charge on any atom is 0.404 e. The molecule has 0 bridgehead atoms. The van der Waals surface area contributed by atoms with E-state index in [4.69, 9.17) is 28.3 Å². The maximum absolute atomic E-state index is 10.2. The highest BCUT2D eigenvalue weighted by Crippen LogP contribution is 2.28. The molecule has 1 rings (SSSR count). The molecule has 1 unspecified atom stereocenters. The van der Waals surface area contributed by atoms with Crippen molar-refractivity contribution >= 4 is 29.3 Å². The fourth-order valence-corrected chi connectivity index (χ4v) is 1.95. The van der Waals surface area contributed by atoms with Crippen molar-refractivity contribution < 1.29 is 15.0 Å². The monoisotopic (exact) mass is 277 g/mol. The molecule has 1 aromatic carbocycles. The number of rotatable bonds is 5. The zero-order chi connectivity index (χ0) is 12.8. The van der Waals surface area contributed by atoms with E-state index in [2.05, 4.69) is 5.32 Å². The molecule has 0 aliphatic rings. The highest BCUT2D eigenvalue weighted by Gasteiger charge is 2.11. The van der Waals surface area contributed by atoms with Crippen molar-refractivity contribution in [1.82, 2.24) is 5.32 Å². The van der Waals surface area contributed by atoms with E-state index in [1.807, 2.05) is 0 Å². The molecule has 0 aliphatic heterocycles. The van der Waals surface area contributed by atoms with Crippen LogP contribution in [-0.4, -0.2) is 22.9 Å². The molecule has 17 heavy (non-hydrogen) atoms. The minimum absolute atomic E-state index is 0.303. The van der Waals surface area contributed by atoms with Crippen LogP contribution in [0.15, 0.2) is 18.2 Å². The molecule has 6 heteroatoms. The summed E-state index contributed by atoms with van der Waals surface area (Å²) < 4.78 is 0. The summed E-state index contributed by atoms with van der Waals surface area (Å²) >= 11 is 11.7. The van der Waals surface area contributed by atoms with Crippen LogP contribution in [0.4, 0.5) is 4.79 Å². The smallest absolute Gasteiger partial charge is 0.404 e. The third kappa shape index (κ3) is 4.81. The number of benzene rings is 1. The Morgan fingerprint density at radius 3 is 2.71 bits per heavy atom. The van der Waals surface area contributed by atoms with Crippen LogP contribution in [0, 0.1) is 0 Å². The number of carboxylic acid groups (broad SMARTS) is 1. The Morgan fingerprint density at radius 1 is 1.41 bits per heavy atom. The molecule has 3 N–H and O–H groups in total.